The number of aliphatic hydroxyl groups is 1. The molecule has 1 saturated heterocycles. The first kappa shape index (κ1) is 19.5. The maximum absolute atomic E-state index is 12.4. The van der Waals surface area contributed by atoms with Gasteiger partial charge in [-0.15, -0.1) is 0 Å². The van der Waals surface area contributed by atoms with E-state index >= 15 is 0 Å². The van der Waals surface area contributed by atoms with E-state index in [4.69, 9.17) is 4.74 Å². The maximum Gasteiger partial charge on any atom is 0.410 e. The van der Waals surface area contributed by atoms with Crippen molar-refractivity contribution in [3.05, 3.63) is 0 Å². The van der Waals surface area contributed by atoms with Gasteiger partial charge in [-0.3, -0.25) is 4.90 Å². The van der Waals surface area contributed by atoms with Crippen molar-refractivity contribution in [3.63, 3.8) is 0 Å². The van der Waals surface area contributed by atoms with Gasteiger partial charge < -0.3 is 14.7 Å². The SMILES string of the molecule is CCN(CC1(O)CCCCC1)C1CCCN(C(=O)OC(C)(C)C)C1. The molecule has 0 aromatic carbocycles. The second-order valence-electron chi connectivity index (χ2n) is 8.57. The van der Waals surface area contributed by atoms with Crippen LogP contribution in [0.2, 0.25) is 0 Å². The Morgan fingerprint density at radius 1 is 1.25 bits per heavy atom. The van der Waals surface area contributed by atoms with E-state index in [1.807, 2.05) is 25.7 Å². The van der Waals surface area contributed by atoms with Gasteiger partial charge in [0.2, 0.25) is 0 Å². The molecule has 140 valence electrons. The number of ether oxygens (including phenoxy) is 1. The predicted molar refractivity (Wildman–Crippen MR) is 96.1 cm³/mol. The molecule has 1 N–H and O–H groups in total. The number of likely N-dealkylation sites (N-methyl/N-ethyl adjacent to an activating group) is 1. The molecule has 0 bridgehead atoms. The molecular weight excluding hydrogens is 304 g/mol. The Labute approximate surface area is 147 Å². The van der Waals surface area contributed by atoms with E-state index in [1.54, 1.807) is 0 Å². The number of hydrogen-bond donors (Lipinski definition) is 1. The molecule has 5 heteroatoms. The Morgan fingerprint density at radius 3 is 2.50 bits per heavy atom. The average molecular weight is 341 g/mol. The molecule has 0 radical (unpaired) electrons. The lowest BCUT2D eigenvalue weighted by atomic mass is 9.84. The zero-order valence-electron chi connectivity index (χ0n) is 16.0. The Morgan fingerprint density at radius 2 is 1.92 bits per heavy atom. The van der Waals surface area contributed by atoms with Crippen LogP contribution in [0.4, 0.5) is 4.79 Å². The molecule has 2 rings (SSSR count). The molecule has 0 spiro atoms. The van der Waals surface area contributed by atoms with E-state index in [-0.39, 0.29) is 6.09 Å². The fourth-order valence-corrected chi connectivity index (χ4v) is 3.99. The zero-order chi connectivity index (χ0) is 17.8. The highest BCUT2D eigenvalue weighted by atomic mass is 16.6. The van der Waals surface area contributed by atoms with Crippen molar-refractivity contribution in [2.45, 2.75) is 89.9 Å². The summed E-state index contributed by atoms with van der Waals surface area (Å²) in [6.45, 7) is 11.0. The molecule has 2 aliphatic rings. The van der Waals surface area contributed by atoms with Gasteiger partial charge in [0.1, 0.15) is 5.60 Å². The van der Waals surface area contributed by atoms with Crippen LogP contribution in [-0.2, 0) is 4.74 Å². The fourth-order valence-electron chi connectivity index (χ4n) is 3.99. The molecule has 1 heterocycles. The van der Waals surface area contributed by atoms with E-state index in [0.717, 1.165) is 58.2 Å². The van der Waals surface area contributed by atoms with Gasteiger partial charge in [0.15, 0.2) is 0 Å². The number of carbonyl (C=O) groups is 1. The van der Waals surface area contributed by atoms with Crippen LogP contribution in [-0.4, -0.2) is 64.4 Å². The summed E-state index contributed by atoms with van der Waals surface area (Å²) in [5, 5.41) is 10.9. The highest BCUT2D eigenvalue weighted by Gasteiger charge is 2.35. The average Bonchev–Trinajstić information content (AvgIpc) is 2.52. The summed E-state index contributed by atoms with van der Waals surface area (Å²) >= 11 is 0. The van der Waals surface area contributed by atoms with Crippen LogP contribution in [0, 0.1) is 0 Å². The van der Waals surface area contributed by atoms with Crippen LogP contribution < -0.4 is 0 Å². The van der Waals surface area contributed by atoms with Gasteiger partial charge in [0.05, 0.1) is 5.60 Å². The van der Waals surface area contributed by atoms with E-state index in [0.29, 0.717) is 12.6 Å². The lowest BCUT2D eigenvalue weighted by molar-refractivity contribution is -0.0439. The van der Waals surface area contributed by atoms with Gasteiger partial charge in [0.25, 0.3) is 0 Å². The van der Waals surface area contributed by atoms with Gasteiger partial charge in [-0.25, -0.2) is 4.79 Å². The second kappa shape index (κ2) is 8.05. The van der Waals surface area contributed by atoms with E-state index in [9.17, 15) is 9.90 Å². The first-order valence-corrected chi connectivity index (χ1v) is 9.67. The van der Waals surface area contributed by atoms with Crippen LogP contribution in [0.1, 0.15) is 72.6 Å². The third-order valence-electron chi connectivity index (χ3n) is 5.25. The number of nitrogens with zero attached hydrogens (tertiary/aromatic N) is 2. The molecule has 0 aromatic rings. The molecule has 0 aromatic heterocycles. The smallest absolute Gasteiger partial charge is 0.410 e. The number of piperidine rings is 1. The topological polar surface area (TPSA) is 53.0 Å². The normalized spacial score (nSPS) is 24.9. The minimum absolute atomic E-state index is 0.209. The van der Waals surface area contributed by atoms with E-state index in [2.05, 4.69) is 11.8 Å². The standard InChI is InChI=1S/C19H36N2O3/c1-5-20(15-19(23)11-7-6-8-12-19)16-10-9-13-21(14-16)17(22)24-18(2,3)4/h16,23H,5-15H2,1-4H3. The number of hydrogen-bond acceptors (Lipinski definition) is 4. The number of carbonyl (C=O) groups excluding carboxylic acids is 1. The summed E-state index contributed by atoms with van der Waals surface area (Å²) in [7, 11) is 0. The van der Waals surface area contributed by atoms with Crippen molar-refractivity contribution in [2.75, 3.05) is 26.2 Å². The third-order valence-corrected chi connectivity index (χ3v) is 5.25. The van der Waals surface area contributed by atoms with Crippen molar-refractivity contribution in [1.29, 1.82) is 0 Å². The van der Waals surface area contributed by atoms with Crippen molar-refractivity contribution in [1.82, 2.24) is 9.80 Å². The third kappa shape index (κ3) is 5.62. The number of amides is 1. The van der Waals surface area contributed by atoms with Crippen LogP contribution in [0.3, 0.4) is 0 Å². The first-order valence-electron chi connectivity index (χ1n) is 9.67. The van der Waals surface area contributed by atoms with Crippen LogP contribution in [0.15, 0.2) is 0 Å². The molecule has 1 saturated carbocycles. The Bertz CT molecular complexity index is 413. The summed E-state index contributed by atoms with van der Waals surface area (Å²) in [5.41, 5.74) is -0.992. The van der Waals surface area contributed by atoms with Gasteiger partial charge in [-0.1, -0.05) is 26.2 Å². The Balaban J connectivity index is 1.94. The van der Waals surface area contributed by atoms with Crippen molar-refractivity contribution < 1.29 is 14.6 Å². The minimum atomic E-state index is -0.539. The largest absolute Gasteiger partial charge is 0.444 e. The summed E-state index contributed by atoms with van der Waals surface area (Å²) < 4.78 is 5.53. The predicted octanol–water partition coefficient (Wildman–Crippen LogP) is 3.40. The molecule has 5 nitrogen and oxygen atoms in total. The Kier molecular flexibility index (Phi) is 6.54. The summed E-state index contributed by atoms with van der Waals surface area (Å²) in [6, 6.07) is 0.321. The lowest BCUT2D eigenvalue weighted by Crippen LogP contribution is -2.54. The van der Waals surface area contributed by atoms with Gasteiger partial charge in [0, 0.05) is 25.7 Å². The highest BCUT2D eigenvalue weighted by molar-refractivity contribution is 5.68. The maximum atomic E-state index is 12.4. The Hall–Kier alpha value is -0.810. The van der Waals surface area contributed by atoms with E-state index in [1.165, 1.54) is 6.42 Å². The summed E-state index contributed by atoms with van der Waals surface area (Å²) in [5.74, 6) is 0. The minimum Gasteiger partial charge on any atom is -0.444 e. The van der Waals surface area contributed by atoms with E-state index < -0.39 is 11.2 Å². The van der Waals surface area contributed by atoms with Crippen LogP contribution >= 0.6 is 0 Å². The molecule has 1 aliphatic carbocycles. The second-order valence-corrected chi connectivity index (χ2v) is 8.57. The van der Waals surface area contributed by atoms with Crippen LogP contribution in [0.25, 0.3) is 0 Å². The number of rotatable bonds is 4. The summed E-state index contributed by atoms with van der Waals surface area (Å²) in [4.78, 5) is 16.6. The van der Waals surface area contributed by atoms with Gasteiger partial charge in [-0.2, -0.15) is 0 Å². The molecule has 1 unspecified atom stereocenters. The molecule has 24 heavy (non-hydrogen) atoms. The summed E-state index contributed by atoms with van der Waals surface area (Å²) in [6.07, 6.45) is 7.19. The van der Waals surface area contributed by atoms with Crippen LogP contribution in [0.5, 0.6) is 0 Å². The molecule has 2 fully saturated rings. The molecule has 1 atom stereocenters. The van der Waals surface area contributed by atoms with Crippen molar-refractivity contribution >= 4 is 6.09 Å². The monoisotopic (exact) mass is 340 g/mol. The zero-order valence-corrected chi connectivity index (χ0v) is 16.0. The fraction of sp³-hybridized carbons (Fsp3) is 0.947. The number of likely N-dealkylation sites (tertiary alicyclic amines) is 1. The molecule has 1 amide bonds. The lowest BCUT2D eigenvalue weighted by Gasteiger charge is -2.43. The quantitative estimate of drug-likeness (QED) is 0.852. The van der Waals surface area contributed by atoms with Gasteiger partial charge >= 0.3 is 6.09 Å². The van der Waals surface area contributed by atoms with Gasteiger partial charge in [-0.05, 0) is 53.0 Å². The first-order chi connectivity index (χ1) is 11.2. The van der Waals surface area contributed by atoms with Crippen molar-refractivity contribution in [3.8, 4) is 0 Å². The van der Waals surface area contributed by atoms with Crippen molar-refractivity contribution in [2.24, 2.45) is 0 Å². The highest BCUT2D eigenvalue weighted by Crippen LogP contribution is 2.30. The molecular formula is C19H36N2O3. The molecule has 1 aliphatic heterocycles.